The molecule has 4 heteroatoms. The number of carboxylic acid groups (broad SMARTS) is 1. The Labute approximate surface area is 101 Å². The fourth-order valence-electron chi connectivity index (χ4n) is 2.33. The first-order valence-electron chi connectivity index (χ1n) is 5.92. The van der Waals surface area contributed by atoms with E-state index in [0.29, 0.717) is 11.5 Å². The van der Waals surface area contributed by atoms with Crippen molar-refractivity contribution in [2.75, 3.05) is 6.54 Å². The first kappa shape index (κ1) is 12.1. The second-order valence-corrected chi connectivity index (χ2v) is 4.71. The molecule has 0 aromatic heterocycles. The molecule has 1 heterocycles. The molecule has 1 aromatic rings. The van der Waals surface area contributed by atoms with Crippen LogP contribution in [0, 0.1) is 5.92 Å². The normalized spacial score (nSPS) is 28.9. The Hall–Kier alpha value is -1.39. The van der Waals surface area contributed by atoms with Gasteiger partial charge in [-0.1, -0.05) is 19.1 Å². The van der Waals surface area contributed by atoms with Crippen LogP contribution in [0.3, 0.4) is 0 Å². The smallest absolute Gasteiger partial charge is 0.335 e. The Balaban J connectivity index is 2.26. The molecule has 0 radical (unpaired) electrons. The van der Waals surface area contributed by atoms with Gasteiger partial charge in [-0.05, 0) is 36.6 Å². The average molecular weight is 234 g/mol. The van der Waals surface area contributed by atoms with E-state index in [1.807, 2.05) is 6.07 Å². The van der Waals surface area contributed by atoms with Crippen molar-refractivity contribution in [3.8, 4) is 0 Å². The van der Waals surface area contributed by atoms with Crippen molar-refractivity contribution in [2.24, 2.45) is 11.7 Å². The quantitative estimate of drug-likeness (QED) is 0.722. The number of nitrogens with two attached hydrogens (primary N) is 1. The van der Waals surface area contributed by atoms with E-state index in [9.17, 15) is 4.79 Å². The van der Waals surface area contributed by atoms with Crippen molar-refractivity contribution in [2.45, 2.75) is 25.4 Å². The van der Waals surface area contributed by atoms with Gasteiger partial charge in [-0.25, -0.2) is 4.79 Å². The number of rotatable bonds is 2. The monoisotopic (exact) mass is 234 g/mol. The van der Waals surface area contributed by atoms with Crippen molar-refractivity contribution < 1.29 is 9.90 Å². The molecule has 4 N–H and O–H groups in total. The van der Waals surface area contributed by atoms with Crippen molar-refractivity contribution in [3.05, 3.63) is 35.4 Å². The number of nitrogens with one attached hydrogen (secondary N) is 1. The van der Waals surface area contributed by atoms with E-state index >= 15 is 0 Å². The van der Waals surface area contributed by atoms with E-state index in [1.165, 1.54) is 0 Å². The highest BCUT2D eigenvalue weighted by atomic mass is 16.4. The largest absolute Gasteiger partial charge is 0.478 e. The minimum Gasteiger partial charge on any atom is -0.478 e. The maximum atomic E-state index is 10.9. The molecule has 1 aromatic carbocycles. The van der Waals surface area contributed by atoms with Gasteiger partial charge in [-0.15, -0.1) is 0 Å². The van der Waals surface area contributed by atoms with Crippen LogP contribution in [-0.4, -0.2) is 23.7 Å². The van der Waals surface area contributed by atoms with Crippen LogP contribution >= 0.6 is 0 Å². The molecule has 2 rings (SSSR count). The number of aromatic carboxylic acids is 1. The lowest BCUT2D eigenvalue weighted by molar-refractivity contribution is 0.0696. The Kier molecular flexibility index (Phi) is 3.45. The first-order valence-corrected chi connectivity index (χ1v) is 5.92. The van der Waals surface area contributed by atoms with Crippen LogP contribution in [0.1, 0.15) is 35.3 Å². The second-order valence-electron chi connectivity index (χ2n) is 4.71. The van der Waals surface area contributed by atoms with Crippen LogP contribution in [-0.2, 0) is 0 Å². The number of hydrogen-bond acceptors (Lipinski definition) is 3. The highest BCUT2D eigenvalue weighted by molar-refractivity contribution is 5.87. The highest BCUT2D eigenvalue weighted by Gasteiger charge is 2.28. The van der Waals surface area contributed by atoms with E-state index < -0.39 is 5.97 Å². The third-order valence-corrected chi connectivity index (χ3v) is 3.50. The summed E-state index contributed by atoms with van der Waals surface area (Å²) in [6, 6.07) is 7.10. The molecule has 1 fully saturated rings. The third kappa shape index (κ3) is 2.48. The number of carbonyl (C=O) groups is 1. The van der Waals surface area contributed by atoms with E-state index in [1.54, 1.807) is 18.2 Å². The second kappa shape index (κ2) is 4.85. The number of hydrogen-bond donors (Lipinski definition) is 3. The summed E-state index contributed by atoms with van der Waals surface area (Å²) in [5.74, 6) is -0.445. The van der Waals surface area contributed by atoms with Gasteiger partial charge in [0.15, 0.2) is 0 Å². The number of piperidine rings is 1. The predicted molar refractivity (Wildman–Crippen MR) is 65.9 cm³/mol. The lowest BCUT2D eigenvalue weighted by atomic mass is 9.85. The topological polar surface area (TPSA) is 75.3 Å². The van der Waals surface area contributed by atoms with E-state index in [4.69, 9.17) is 10.8 Å². The van der Waals surface area contributed by atoms with Crippen LogP contribution in [0.15, 0.2) is 24.3 Å². The van der Waals surface area contributed by atoms with Crippen LogP contribution in [0.25, 0.3) is 0 Å². The van der Waals surface area contributed by atoms with E-state index in [0.717, 1.165) is 18.5 Å². The summed E-state index contributed by atoms with van der Waals surface area (Å²) in [4.78, 5) is 10.9. The molecule has 3 unspecified atom stereocenters. The molecule has 0 saturated carbocycles. The predicted octanol–water partition coefficient (Wildman–Crippen LogP) is 1.38. The summed E-state index contributed by atoms with van der Waals surface area (Å²) in [7, 11) is 0. The maximum absolute atomic E-state index is 10.9. The van der Waals surface area contributed by atoms with Gasteiger partial charge in [-0.2, -0.15) is 0 Å². The van der Waals surface area contributed by atoms with Gasteiger partial charge in [0.05, 0.1) is 5.56 Å². The molecule has 0 aliphatic carbocycles. The molecule has 0 bridgehead atoms. The zero-order valence-electron chi connectivity index (χ0n) is 9.89. The van der Waals surface area contributed by atoms with Gasteiger partial charge in [0.1, 0.15) is 0 Å². The Morgan fingerprint density at radius 1 is 1.53 bits per heavy atom. The Morgan fingerprint density at radius 3 is 3.00 bits per heavy atom. The van der Waals surface area contributed by atoms with Gasteiger partial charge in [0, 0.05) is 12.1 Å². The molecule has 92 valence electrons. The van der Waals surface area contributed by atoms with Crippen LogP contribution < -0.4 is 11.1 Å². The van der Waals surface area contributed by atoms with Crippen molar-refractivity contribution in [1.29, 1.82) is 0 Å². The fraction of sp³-hybridized carbons (Fsp3) is 0.462. The molecule has 0 spiro atoms. The zero-order valence-corrected chi connectivity index (χ0v) is 9.89. The van der Waals surface area contributed by atoms with Crippen molar-refractivity contribution in [1.82, 2.24) is 5.32 Å². The Bertz CT molecular complexity index is 420. The van der Waals surface area contributed by atoms with Gasteiger partial charge in [-0.3, -0.25) is 0 Å². The summed E-state index contributed by atoms with van der Waals surface area (Å²) < 4.78 is 0. The standard InChI is InChI=1S/C13H18N2O2/c1-8-5-6-15-12(11(8)14)9-3-2-4-10(7-9)13(16)17/h2-4,7-8,11-12,15H,5-6,14H2,1H3,(H,16,17). The average Bonchev–Trinajstić information content (AvgIpc) is 2.33. The summed E-state index contributed by atoms with van der Waals surface area (Å²) in [5, 5.41) is 12.3. The molecule has 17 heavy (non-hydrogen) atoms. The SMILES string of the molecule is CC1CCNC(c2cccc(C(=O)O)c2)C1N. The van der Waals surface area contributed by atoms with Gasteiger partial charge >= 0.3 is 5.97 Å². The first-order chi connectivity index (χ1) is 8.09. The number of benzene rings is 1. The van der Waals surface area contributed by atoms with Crippen molar-refractivity contribution >= 4 is 5.97 Å². The zero-order chi connectivity index (χ0) is 12.4. The summed E-state index contributed by atoms with van der Waals surface area (Å²) >= 11 is 0. The molecule has 3 atom stereocenters. The van der Waals surface area contributed by atoms with Crippen LogP contribution in [0.4, 0.5) is 0 Å². The Morgan fingerprint density at radius 2 is 2.29 bits per heavy atom. The minimum absolute atomic E-state index is 0.0350. The van der Waals surface area contributed by atoms with E-state index in [2.05, 4.69) is 12.2 Å². The summed E-state index contributed by atoms with van der Waals surface area (Å²) in [6.45, 7) is 3.07. The van der Waals surface area contributed by atoms with Gasteiger partial charge in [0.2, 0.25) is 0 Å². The molecule has 1 saturated heterocycles. The molecule has 1 aliphatic rings. The molecule has 4 nitrogen and oxygen atoms in total. The summed E-state index contributed by atoms with van der Waals surface area (Å²) in [5.41, 5.74) is 7.45. The van der Waals surface area contributed by atoms with Crippen LogP contribution in [0.2, 0.25) is 0 Å². The van der Waals surface area contributed by atoms with Crippen LogP contribution in [0.5, 0.6) is 0 Å². The fourth-order valence-corrected chi connectivity index (χ4v) is 2.33. The lowest BCUT2D eigenvalue weighted by Crippen LogP contribution is -2.47. The van der Waals surface area contributed by atoms with Gasteiger partial charge < -0.3 is 16.2 Å². The maximum Gasteiger partial charge on any atom is 0.335 e. The lowest BCUT2D eigenvalue weighted by Gasteiger charge is -2.35. The number of carboxylic acids is 1. The molecular weight excluding hydrogens is 216 g/mol. The molecular formula is C13H18N2O2. The highest BCUT2D eigenvalue weighted by Crippen LogP contribution is 2.26. The third-order valence-electron chi connectivity index (χ3n) is 3.50. The minimum atomic E-state index is -0.899. The molecule has 1 aliphatic heterocycles. The van der Waals surface area contributed by atoms with Gasteiger partial charge in [0.25, 0.3) is 0 Å². The summed E-state index contributed by atoms with van der Waals surface area (Å²) in [6.07, 6.45) is 1.07. The van der Waals surface area contributed by atoms with E-state index in [-0.39, 0.29) is 12.1 Å². The van der Waals surface area contributed by atoms with Crippen molar-refractivity contribution in [3.63, 3.8) is 0 Å². The molecule has 0 amide bonds.